The van der Waals surface area contributed by atoms with Crippen LogP contribution in [0.3, 0.4) is 0 Å². The molecule has 0 aliphatic carbocycles. The van der Waals surface area contributed by atoms with E-state index in [-0.39, 0.29) is 11.1 Å². The number of hydrogen-bond acceptors (Lipinski definition) is 4. The normalized spacial score (nSPS) is 13.7. The highest BCUT2D eigenvalue weighted by atomic mass is 32.2. The highest BCUT2D eigenvalue weighted by Gasteiger charge is 2.27. The molecule has 0 atom stereocenters. The lowest BCUT2D eigenvalue weighted by atomic mass is 9.95. The smallest absolute Gasteiger partial charge is 0.295 e. The maximum absolute atomic E-state index is 15.3. The fourth-order valence-electron chi connectivity index (χ4n) is 2.99. The topological polar surface area (TPSA) is 63.6 Å². The van der Waals surface area contributed by atoms with E-state index in [2.05, 4.69) is 0 Å². The Morgan fingerprint density at radius 2 is 1.88 bits per heavy atom. The Labute approximate surface area is 153 Å². The largest absolute Gasteiger partial charge is 0.464 e. The molecule has 0 saturated carbocycles. The van der Waals surface area contributed by atoms with Crippen molar-refractivity contribution >= 4 is 27.0 Å². The Morgan fingerprint density at radius 3 is 2.62 bits per heavy atom. The van der Waals surface area contributed by atoms with E-state index in [9.17, 15) is 13.0 Å². The molecule has 1 aromatic heterocycles. The van der Waals surface area contributed by atoms with Gasteiger partial charge in [0.05, 0.1) is 6.26 Å². The molecule has 0 radical (unpaired) electrons. The average molecular weight is 388 g/mol. The van der Waals surface area contributed by atoms with Gasteiger partial charge in [-0.3, -0.25) is 4.55 Å². The molecule has 2 aromatic carbocycles. The molecular weight excluding hydrogens is 375 g/mol. The van der Waals surface area contributed by atoms with Crippen molar-refractivity contribution in [3.63, 3.8) is 0 Å². The molecule has 4 rings (SSSR count). The molecule has 0 spiro atoms. The molecule has 0 fully saturated rings. The van der Waals surface area contributed by atoms with Gasteiger partial charge in [0.25, 0.3) is 10.1 Å². The molecule has 3 aromatic rings. The number of fused-ring (bicyclic) bond motifs is 1. The number of benzene rings is 2. The Bertz CT molecular complexity index is 1120. The molecule has 4 nitrogen and oxygen atoms in total. The summed E-state index contributed by atoms with van der Waals surface area (Å²) < 4.78 is 54.1. The first-order valence-corrected chi connectivity index (χ1v) is 10.0. The summed E-state index contributed by atoms with van der Waals surface area (Å²) in [5.41, 5.74) is 1.29. The van der Waals surface area contributed by atoms with Crippen LogP contribution >= 0.6 is 11.3 Å². The van der Waals surface area contributed by atoms with Crippen molar-refractivity contribution in [2.45, 2.75) is 11.3 Å². The van der Waals surface area contributed by atoms with Gasteiger partial charge >= 0.3 is 0 Å². The lowest BCUT2D eigenvalue weighted by molar-refractivity contribution is 0.467. The zero-order chi connectivity index (χ0) is 18.3. The fraction of sp³-hybridized carbons (Fsp3) is 0.0526. The van der Waals surface area contributed by atoms with Gasteiger partial charge in [0.2, 0.25) is 0 Å². The van der Waals surface area contributed by atoms with Crippen LogP contribution in [0.1, 0.15) is 11.1 Å². The minimum atomic E-state index is -4.60. The van der Waals surface area contributed by atoms with E-state index in [1.807, 2.05) is 23.6 Å². The van der Waals surface area contributed by atoms with Crippen molar-refractivity contribution < 1.29 is 22.1 Å². The molecule has 1 aliphatic heterocycles. The standard InChI is InChI=1S/C19H13FO4S2/c20-19-14(16-6-3-9-25-16)7-8-17(26(21,22)23)18(19)13-10-12-4-1-2-5-15(12)24-11-13/h1-9,11H,10H2,(H,21,22,23). The number of rotatable bonds is 3. The SMILES string of the molecule is O=S(=O)(O)c1ccc(-c2cccs2)c(F)c1C1=COc2ccccc2C1. The van der Waals surface area contributed by atoms with Crippen LogP contribution in [0.15, 0.2) is 65.1 Å². The minimum Gasteiger partial charge on any atom is -0.464 e. The van der Waals surface area contributed by atoms with Crippen LogP contribution < -0.4 is 4.74 Å². The molecule has 0 unspecified atom stereocenters. The van der Waals surface area contributed by atoms with Gasteiger partial charge in [-0.15, -0.1) is 11.3 Å². The molecular formula is C19H13FO4S2. The summed E-state index contributed by atoms with van der Waals surface area (Å²) >= 11 is 1.34. The average Bonchev–Trinajstić information content (AvgIpc) is 3.14. The number of para-hydroxylation sites is 1. The number of thiophene rings is 1. The first-order valence-electron chi connectivity index (χ1n) is 7.73. The number of allylic oxidation sites excluding steroid dienone is 1. The van der Waals surface area contributed by atoms with E-state index in [0.717, 1.165) is 5.56 Å². The van der Waals surface area contributed by atoms with Crippen LogP contribution in [-0.4, -0.2) is 13.0 Å². The van der Waals surface area contributed by atoms with Crippen molar-refractivity contribution in [1.29, 1.82) is 0 Å². The van der Waals surface area contributed by atoms with E-state index in [1.165, 1.54) is 29.7 Å². The van der Waals surface area contributed by atoms with Crippen LogP contribution in [0, 0.1) is 5.82 Å². The predicted molar refractivity (Wildman–Crippen MR) is 98.3 cm³/mol. The predicted octanol–water partition coefficient (Wildman–Crippen LogP) is 4.78. The van der Waals surface area contributed by atoms with Crippen molar-refractivity contribution in [3.8, 4) is 16.2 Å². The zero-order valence-electron chi connectivity index (χ0n) is 13.3. The van der Waals surface area contributed by atoms with Gasteiger partial charge in [-0.1, -0.05) is 24.3 Å². The molecule has 2 heterocycles. The monoisotopic (exact) mass is 388 g/mol. The van der Waals surface area contributed by atoms with E-state index in [1.54, 1.807) is 18.2 Å². The summed E-state index contributed by atoms with van der Waals surface area (Å²) in [5, 5.41) is 1.81. The quantitative estimate of drug-likeness (QED) is 0.656. The van der Waals surface area contributed by atoms with E-state index >= 15 is 4.39 Å². The van der Waals surface area contributed by atoms with Gasteiger partial charge in [0.15, 0.2) is 0 Å². The van der Waals surface area contributed by atoms with Crippen molar-refractivity contribution in [2.75, 3.05) is 0 Å². The summed E-state index contributed by atoms with van der Waals surface area (Å²) in [6, 6.07) is 13.4. The molecule has 132 valence electrons. The first-order chi connectivity index (χ1) is 12.4. The number of hydrogen-bond donors (Lipinski definition) is 1. The third kappa shape index (κ3) is 2.94. The lowest BCUT2D eigenvalue weighted by Gasteiger charge is -2.20. The third-order valence-corrected chi connectivity index (χ3v) is 5.97. The van der Waals surface area contributed by atoms with E-state index in [0.29, 0.717) is 22.6 Å². The van der Waals surface area contributed by atoms with Gasteiger partial charge in [0.1, 0.15) is 16.5 Å². The van der Waals surface area contributed by atoms with Crippen LogP contribution in [0.25, 0.3) is 16.0 Å². The summed E-state index contributed by atoms with van der Waals surface area (Å²) in [6.45, 7) is 0. The van der Waals surface area contributed by atoms with Gasteiger partial charge in [-0.25, -0.2) is 4.39 Å². The second-order valence-electron chi connectivity index (χ2n) is 5.80. The zero-order valence-corrected chi connectivity index (χ0v) is 15.0. The van der Waals surface area contributed by atoms with Gasteiger partial charge < -0.3 is 4.74 Å². The Hall–Kier alpha value is -2.48. The van der Waals surface area contributed by atoms with E-state index in [4.69, 9.17) is 4.74 Å². The second kappa shape index (κ2) is 6.35. The Kier molecular flexibility index (Phi) is 4.14. The van der Waals surface area contributed by atoms with Crippen LogP contribution in [0.2, 0.25) is 0 Å². The summed E-state index contributed by atoms with van der Waals surface area (Å²) in [5.74, 6) is -0.0590. The number of ether oxygens (including phenoxy) is 1. The third-order valence-electron chi connectivity index (χ3n) is 4.17. The van der Waals surface area contributed by atoms with Crippen LogP contribution in [0.4, 0.5) is 4.39 Å². The fourth-order valence-corrected chi connectivity index (χ4v) is 4.45. The van der Waals surface area contributed by atoms with Crippen molar-refractivity contribution in [1.82, 2.24) is 0 Å². The lowest BCUT2D eigenvalue weighted by Crippen LogP contribution is -2.10. The molecule has 0 bridgehead atoms. The minimum absolute atomic E-state index is 0.159. The molecule has 7 heteroatoms. The molecule has 26 heavy (non-hydrogen) atoms. The van der Waals surface area contributed by atoms with Gasteiger partial charge in [-0.05, 0) is 35.2 Å². The molecule has 0 amide bonds. The molecule has 1 N–H and O–H groups in total. The Morgan fingerprint density at radius 1 is 1.08 bits per heavy atom. The highest BCUT2D eigenvalue weighted by Crippen LogP contribution is 2.39. The van der Waals surface area contributed by atoms with Gasteiger partial charge in [0, 0.05) is 28.0 Å². The van der Waals surface area contributed by atoms with E-state index < -0.39 is 20.8 Å². The van der Waals surface area contributed by atoms with Gasteiger partial charge in [-0.2, -0.15) is 8.42 Å². The van der Waals surface area contributed by atoms with Crippen LogP contribution in [0.5, 0.6) is 5.75 Å². The maximum atomic E-state index is 15.3. The van der Waals surface area contributed by atoms with Crippen molar-refractivity contribution in [3.05, 3.63) is 77.1 Å². The van der Waals surface area contributed by atoms with Crippen LogP contribution in [-0.2, 0) is 16.5 Å². The van der Waals surface area contributed by atoms with Crippen molar-refractivity contribution in [2.24, 2.45) is 0 Å². The summed E-state index contributed by atoms with van der Waals surface area (Å²) in [7, 11) is -4.60. The Balaban J connectivity index is 1.92. The maximum Gasteiger partial charge on any atom is 0.295 e. The second-order valence-corrected chi connectivity index (χ2v) is 8.14. The molecule has 0 saturated heterocycles. The summed E-state index contributed by atoms with van der Waals surface area (Å²) in [4.78, 5) is 0.202. The molecule has 1 aliphatic rings. The summed E-state index contributed by atoms with van der Waals surface area (Å²) in [6.07, 6.45) is 1.64. The highest BCUT2D eigenvalue weighted by molar-refractivity contribution is 7.86. The number of halogens is 1. The first kappa shape index (κ1) is 17.0.